The summed E-state index contributed by atoms with van der Waals surface area (Å²) in [7, 11) is 0. The Morgan fingerprint density at radius 3 is 2.29 bits per heavy atom. The molecule has 1 atom stereocenters. The van der Waals surface area contributed by atoms with Crippen LogP contribution in [0.1, 0.15) is 17.2 Å². The third-order valence-corrected chi connectivity index (χ3v) is 2.08. The quantitative estimate of drug-likeness (QED) is 0.549. The molecular weight excluding hydrogens is 244 g/mol. The van der Waals surface area contributed by atoms with Crippen molar-refractivity contribution in [2.45, 2.75) is 12.2 Å². The van der Waals surface area contributed by atoms with Crippen molar-refractivity contribution in [1.29, 1.82) is 0 Å². The molecule has 1 aromatic rings. The van der Waals surface area contributed by atoms with Gasteiger partial charge in [-0.2, -0.15) is 13.2 Å². The van der Waals surface area contributed by atoms with Crippen LogP contribution in [-0.2, 0) is 11.0 Å². The summed E-state index contributed by atoms with van der Waals surface area (Å²) >= 11 is 0. The van der Waals surface area contributed by atoms with Crippen LogP contribution in [0.3, 0.4) is 0 Å². The van der Waals surface area contributed by atoms with E-state index in [4.69, 9.17) is 16.6 Å². The van der Waals surface area contributed by atoms with E-state index < -0.39 is 40.8 Å². The molecular formula is C9H8F4N2O2. The molecule has 0 bridgehead atoms. The number of nitrogen functional groups attached to an aromatic ring is 1. The molecule has 0 spiro atoms. The number of carboxylic acid groups (broad SMARTS) is 1. The number of alkyl halides is 3. The summed E-state index contributed by atoms with van der Waals surface area (Å²) < 4.78 is 50.7. The second-order valence-electron chi connectivity index (χ2n) is 3.27. The van der Waals surface area contributed by atoms with Gasteiger partial charge in [0.25, 0.3) is 0 Å². The van der Waals surface area contributed by atoms with Gasteiger partial charge in [-0.05, 0) is 17.7 Å². The maximum Gasteiger partial charge on any atom is 0.416 e. The average Bonchev–Trinajstić information content (AvgIpc) is 2.18. The number of benzene rings is 1. The molecule has 17 heavy (non-hydrogen) atoms. The van der Waals surface area contributed by atoms with Crippen LogP contribution < -0.4 is 11.5 Å². The maximum atomic E-state index is 13.0. The van der Waals surface area contributed by atoms with Gasteiger partial charge in [0.2, 0.25) is 0 Å². The Hall–Kier alpha value is -1.83. The number of aliphatic carboxylic acids is 1. The second-order valence-corrected chi connectivity index (χ2v) is 3.27. The third-order valence-electron chi connectivity index (χ3n) is 2.08. The highest BCUT2D eigenvalue weighted by Gasteiger charge is 2.37. The first-order valence-electron chi connectivity index (χ1n) is 4.29. The molecule has 0 unspecified atom stereocenters. The van der Waals surface area contributed by atoms with Gasteiger partial charge in [-0.3, -0.25) is 4.79 Å². The summed E-state index contributed by atoms with van der Waals surface area (Å²) in [6.07, 6.45) is -4.86. The molecule has 8 heteroatoms. The topological polar surface area (TPSA) is 89.3 Å². The van der Waals surface area contributed by atoms with Gasteiger partial charge >= 0.3 is 12.1 Å². The summed E-state index contributed by atoms with van der Waals surface area (Å²) in [6, 6.07) is -1.26. The van der Waals surface area contributed by atoms with E-state index in [1.54, 1.807) is 0 Å². The fourth-order valence-corrected chi connectivity index (χ4v) is 1.24. The number of anilines is 1. The Balaban J connectivity index is 3.46. The minimum atomic E-state index is -4.86. The van der Waals surface area contributed by atoms with Crippen molar-refractivity contribution in [1.82, 2.24) is 0 Å². The molecule has 0 aromatic heterocycles. The van der Waals surface area contributed by atoms with Gasteiger partial charge in [0.1, 0.15) is 11.9 Å². The third kappa shape index (κ3) is 2.64. The molecule has 0 heterocycles. The lowest BCUT2D eigenvalue weighted by Crippen LogP contribution is -2.25. The van der Waals surface area contributed by atoms with E-state index in [0.29, 0.717) is 12.1 Å². The smallest absolute Gasteiger partial charge is 0.416 e. The lowest BCUT2D eigenvalue weighted by atomic mass is 9.99. The number of nitrogens with two attached hydrogens (primary N) is 2. The van der Waals surface area contributed by atoms with Crippen LogP contribution in [0.15, 0.2) is 12.1 Å². The van der Waals surface area contributed by atoms with Gasteiger partial charge in [-0.1, -0.05) is 0 Å². The monoisotopic (exact) mass is 252 g/mol. The van der Waals surface area contributed by atoms with Gasteiger partial charge in [0.15, 0.2) is 0 Å². The maximum absolute atomic E-state index is 13.0. The van der Waals surface area contributed by atoms with Crippen molar-refractivity contribution in [3.05, 3.63) is 29.1 Å². The zero-order chi connectivity index (χ0) is 13.4. The summed E-state index contributed by atoms with van der Waals surface area (Å²) in [6.45, 7) is 0. The first-order valence-corrected chi connectivity index (χ1v) is 4.29. The Bertz CT molecular complexity index is 459. The highest BCUT2D eigenvalue weighted by atomic mass is 19.4. The van der Waals surface area contributed by atoms with Gasteiger partial charge in [-0.15, -0.1) is 0 Å². The zero-order valence-electron chi connectivity index (χ0n) is 8.25. The molecule has 5 N–H and O–H groups in total. The van der Waals surface area contributed by atoms with Crippen LogP contribution in [0, 0.1) is 5.82 Å². The molecule has 94 valence electrons. The molecule has 0 aliphatic heterocycles. The van der Waals surface area contributed by atoms with E-state index in [-0.39, 0.29) is 0 Å². The lowest BCUT2D eigenvalue weighted by molar-refractivity contribution is -0.141. The molecule has 0 fully saturated rings. The van der Waals surface area contributed by atoms with E-state index in [2.05, 4.69) is 0 Å². The second kappa shape index (κ2) is 4.21. The van der Waals surface area contributed by atoms with Crippen LogP contribution in [0.5, 0.6) is 0 Å². The zero-order valence-corrected chi connectivity index (χ0v) is 8.25. The van der Waals surface area contributed by atoms with Crippen molar-refractivity contribution < 1.29 is 27.5 Å². The van der Waals surface area contributed by atoms with E-state index >= 15 is 0 Å². The Morgan fingerprint density at radius 2 is 1.88 bits per heavy atom. The van der Waals surface area contributed by atoms with Gasteiger partial charge in [-0.25, -0.2) is 4.39 Å². The molecule has 4 nitrogen and oxygen atoms in total. The predicted octanol–water partition coefficient (Wildman–Crippen LogP) is 1.51. The van der Waals surface area contributed by atoms with Crippen LogP contribution >= 0.6 is 0 Å². The van der Waals surface area contributed by atoms with Gasteiger partial charge in [0.05, 0.1) is 11.3 Å². The molecule has 0 aliphatic carbocycles. The molecule has 0 aliphatic rings. The van der Waals surface area contributed by atoms with Crippen LogP contribution in [0.25, 0.3) is 0 Å². The fourth-order valence-electron chi connectivity index (χ4n) is 1.24. The predicted molar refractivity (Wildman–Crippen MR) is 50.4 cm³/mol. The van der Waals surface area contributed by atoms with Crippen molar-refractivity contribution in [3.8, 4) is 0 Å². The lowest BCUT2D eigenvalue weighted by Gasteiger charge is -2.16. The minimum Gasteiger partial charge on any atom is -0.480 e. The average molecular weight is 252 g/mol. The highest BCUT2D eigenvalue weighted by Crippen LogP contribution is 2.36. The normalized spacial score (nSPS) is 13.5. The minimum absolute atomic E-state index is 0.327. The van der Waals surface area contributed by atoms with Crippen LogP contribution in [0.4, 0.5) is 23.2 Å². The van der Waals surface area contributed by atoms with Crippen LogP contribution in [0.2, 0.25) is 0 Å². The summed E-state index contributed by atoms with van der Waals surface area (Å²) in [5.74, 6) is -2.84. The summed E-state index contributed by atoms with van der Waals surface area (Å²) in [4.78, 5) is 10.5. The molecule has 0 saturated heterocycles. The van der Waals surface area contributed by atoms with Gasteiger partial charge < -0.3 is 16.6 Å². The Labute approximate surface area is 92.8 Å². The first-order chi connectivity index (χ1) is 7.64. The molecule has 0 saturated carbocycles. The SMILES string of the molecule is Nc1cc(C(F)(F)F)c([C@H](N)C(=O)O)cc1F. The van der Waals surface area contributed by atoms with E-state index in [9.17, 15) is 22.4 Å². The highest BCUT2D eigenvalue weighted by molar-refractivity contribution is 5.76. The van der Waals surface area contributed by atoms with Crippen molar-refractivity contribution >= 4 is 11.7 Å². The number of hydrogen-bond acceptors (Lipinski definition) is 3. The number of hydrogen-bond donors (Lipinski definition) is 3. The Morgan fingerprint density at radius 1 is 1.35 bits per heavy atom. The van der Waals surface area contributed by atoms with Crippen LogP contribution in [-0.4, -0.2) is 11.1 Å². The molecule has 1 aromatic carbocycles. The van der Waals surface area contributed by atoms with Crippen molar-refractivity contribution in [3.63, 3.8) is 0 Å². The summed E-state index contributed by atoms with van der Waals surface area (Å²) in [5, 5.41) is 8.54. The largest absolute Gasteiger partial charge is 0.480 e. The fraction of sp³-hybridized carbons (Fsp3) is 0.222. The number of halogens is 4. The molecule has 0 amide bonds. The van der Waals surface area contributed by atoms with E-state index in [1.807, 2.05) is 0 Å². The van der Waals surface area contributed by atoms with E-state index in [0.717, 1.165) is 0 Å². The summed E-state index contributed by atoms with van der Waals surface area (Å²) in [5.41, 5.74) is 7.10. The van der Waals surface area contributed by atoms with Gasteiger partial charge in [0, 0.05) is 0 Å². The first kappa shape index (κ1) is 13.2. The number of carbonyl (C=O) groups is 1. The molecule has 0 radical (unpaired) electrons. The van der Waals surface area contributed by atoms with Crippen molar-refractivity contribution in [2.75, 3.05) is 5.73 Å². The van der Waals surface area contributed by atoms with E-state index in [1.165, 1.54) is 0 Å². The Kier molecular flexibility index (Phi) is 3.28. The van der Waals surface area contributed by atoms with Crippen molar-refractivity contribution in [2.24, 2.45) is 5.73 Å². The standard InChI is InChI=1S/C9H8F4N2O2/c10-5-1-3(7(15)8(16)17)4(2-6(5)14)9(11,12)13/h1-2,7H,14-15H2,(H,16,17)/t7-/m0/s1. The number of rotatable bonds is 2. The molecule has 1 rings (SSSR count). The number of carboxylic acids is 1.